The average Bonchev–Trinajstić information content (AvgIpc) is 2.29. The fourth-order valence-electron chi connectivity index (χ4n) is 2.71. The normalized spacial score (nSPS) is 33.8. The van der Waals surface area contributed by atoms with Crippen LogP contribution in [0, 0.1) is 0 Å². The summed E-state index contributed by atoms with van der Waals surface area (Å²) in [7, 11) is -3.26. The van der Waals surface area contributed by atoms with Crippen LogP contribution in [0.4, 0.5) is 0 Å². The summed E-state index contributed by atoms with van der Waals surface area (Å²) in [5.74, 6) is 0. The van der Waals surface area contributed by atoms with Gasteiger partial charge in [0.2, 0.25) is 0 Å². The summed E-state index contributed by atoms with van der Waals surface area (Å²) in [5, 5.41) is 3.23. The van der Waals surface area contributed by atoms with Gasteiger partial charge in [-0.3, -0.25) is 0 Å². The third-order valence-corrected chi connectivity index (χ3v) is 6.05. The summed E-state index contributed by atoms with van der Waals surface area (Å²) in [5.41, 5.74) is 0. The molecule has 2 aliphatic heterocycles. The van der Waals surface area contributed by atoms with E-state index < -0.39 is 10.2 Å². The van der Waals surface area contributed by atoms with Crippen LogP contribution in [0.3, 0.4) is 0 Å². The van der Waals surface area contributed by atoms with Crippen molar-refractivity contribution in [2.45, 2.75) is 45.2 Å². The Bertz CT molecular complexity index is 330. The van der Waals surface area contributed by atoms with Gasteiger partial charge < -0.3 is 5.32 Å². The van der Waals surface area contributed by atoms with E-state index in [0.717, 1.165) is 32.4 Å². The second kappa shape index (κ2) is 5.22. The lowest BCUT2D eigenvalue weighted by molar-refractivity contribution is 0.216. The van der Waals surface area contributed by atoms with Gasteiger partial charge in [0, 0.05) is 38.3 Å². The first-order valence-corrected chi connectivity index (χ1v) is 7.92. The highest BCUT2D eigenvalue weighted by Gasteiger charge is 2.37. The Labute approximate surface area is 104 Å². The molecule has 0 aromatic rings. The lowest BCUT2D eigenvalue weighted by Crippen LogP contribution is -2.58. The van der Waals surface area contributed by atoms with Gasteiger partial charge in [-0.1, -0.05) is 6.42 Å². The number of nitrogens with zero attached hydrogens (tertiary/aromatic N) is 2. The van der Waals surface area contributed by atoms with Gasteiger partial charge in [-0.15, -0.1) is 0 Å². The molecule has 0 aliphatic carbocycles. The van der Waals surface area contributed by atoms with Crippen molar-refractivity contribution in [3.8, 4) is 0 Å². The largest absolute Gasteiger partial charge is 0.314 e. The van der Waals surface area contributed by atoms with E-state index in [-0.39, 0.29) is 12.1 Å². The summed E-state index contributed by atoms with van der Waals surface area (Å²) in [6.45, 7) is 6.77. The lowest BCUT2D eigenvalue weighted by atomic mass is 10.1. The van der Waals surface area contributed by atoms with Crippen LogP contribution in [0.5, 0.6) is 0 Å². The molecule has 2 saturated heterocycles. The number of piperazine rings is 1. The molecule has 0 saturated carbocycles. The summed E-state index contributed by atoms with van der Waals surface area (Å²) < 4.78 is 28.5. The van der Waals surface area contributed by atoms with Crippen LogP contribution >= 0.6 is 0 Å². The Hall–Kier alpha value is -0.170. The number of rotatable bonds is 2. The fourth-order valence-corrected chi connectivity index (χ4v) is 4.76. The molecule has 2 fully saturated rings. The van der Waals surface area contributed by atoms with Gasteiger partial charge in [0.05, 0.1) is 0 Å². The highest BCUT2D eigenvalue weighted by Crippen LogP contribution is 2.23. The number of piperidine rings is 1. The van der Waals surface area contributed by atoms with Gasteiger partial charge in [0.1, 0.15) is 0 Å². The van der Waals surface area contributed by atoms with Crippen LogP contribution in [0.1, 0.15) is 33.1 Å². The predicted octanol–water partition coefficient (Wildman–Crippen LogP) is 0.399. The van der Waals surface area contributed by atoms with Gasteiger partial charge >= 0.3 is 0 Å². The van der Waals surface area contributed by atoms with Crippen LogP contribution in [0.25, 0.3) is 0 Å². The molecule has 2 atom stereocenters. The predicted molar refractivity (Wildman–Crippen MR) is 68.0 cm³/mol. The van der Waals surface area contributed by atoms with Gasteiger partial charge in [-0.25, -0.2) is 0 Å². The maximum atomic E-state index is 12.6. The number of hydrogen-bond acceptors (Lipinski definition) is 3. The zero-order chi connectivity index (χ0) is 12.5. The maximum Gasteiger partial charge on any atom is 0.282 e. The molecule has 17 heavy (non-hydrogen) atoms. The molecule has 0 spiro atoms. The molecular weight excluding hydrogens is 238 g/mol. The quantitative estimate of drug-likeness (QED) is 0.783. The van der Waals surface area contributed by atoms with Gasteiger partial charge in [0.25, 0.3) is 10.2 Å². The molecule has 5 nitrogen and oxygen atoms in total. The molecule has 2 unspecified atom stereocenters. The molecule has 0 aromatic carbocycles. The van der Waals surface area contributed by atoms with E-state index in [1.807, 2.05) is 13.8 Å². The van der Waals surface area contributed by atoms with Crippen molar-refractivity contribution in [2.24, 2.45) is 0 Å². The van der Waals surface area contributed by atoms with Crippen LogP contribution in [-0.2, 0) is 10.2 Å². The Kier molecular flexibility index (Phi) is 4.07. The minimum Gasteiger partial charge on any atom is -0.314 e. The van der Waals surface area contributed by atoms with Crippen molar-refractivity contribution in [3.05, 3.63) is 0 Å². The second-order valence-corrected chi connectivity index (χ2v) is 6.96. The van der Waals surface area contributed by atoms with Gasteiger partial charge in [0.15, 0.2) is 0 Å². The van der Waals surface area contributed by atoms with E-state index in [1.165, 1.54) is 0 Å². The van der Waals surface area contributed by atoms with Crippen LogP contribution in [0.15, 0.2) is 0 Å². The van der Waals surface area contributed by atoms with Crippen LogP contribution < -0.4 is 5.32 Å². The van der Waals surface area contributed by atoms with Crippen molar-refractivity contribution in [1.82, 2.24) is 13.9 Å². The third-order valence-electron chi connectivity index (χ3n) is 3.78. The second-order valence-electron chi connectivity index (χ2n) is 5.13. The van der Waals surface area contributed by atoms with Crippen molar-refractivity contribution in [1.29, 1.82) is 0 Å². The first-order valence-electron chi connectivity index (χ1n) is 6.53. The molecular formula is C11H23N3O2S. The topological polar surface area (TPSA) is 52.7 Å². The summed E-state index contributed by atoms with van der Waals surface area (Å²) in [6.07, 6.45) is 3.12. The molecule has 0 radical (unpaired) electrons. The first kappa shape index (κ1) is 13.3. The molecule has 2 rings (SSSR count). The molecule has 6 heteroatoms. The summed E-state index contributed by atoms with van der Waals surface area (Å²) >= 11 is 0. The van der Waals surface area contributed by atoms with E-state index >= 15 is 0 Å². The van der Waals surface area contributed by atoms with Crippen molar-refractivity contribution < 1.29 is 8.42 Å². The molecule has 0 amide bonds. The van der Waals surface area contributed by atoms with Crippen molar-refractivity contribution >= 4 is 10.2 Å². The SMILES string of the molecule is CC1CCCCN1S(=O)(=O)N1CCNCC1C. The van der Waals surface area contributed by atoms with Crippen LogP contribution in [0.2, 0.25) is 0 Å². The van der Waals surface area contributed by atoms with E-state index in [2.05, 4.69) is 5.32 Å². The molecule has 1 N–H and O–H groups in total. The van der Waals surface area contributed by atoms with Gasteiger partial charge in [-0.05, 0) is 26.7 Å². The summed E-state index contributed by atoms with van der Waals surface area (Å²) in [4.78, 5) is 0. The number of hydrogen-bond donors (Lipinski definition) is 1. The third kappa shape index (κ3) is 2.65. The van der Waals surface area contributed by atoms with Crippen molar-refractivity contribution in [2.75, 3.05) is 26.2 Å². The molecule has 0 bridgehead atoms. The minimum absolute atomic E-state index is 0.0582. The van der Waals surface area contributed by atoms with E-state index in [1.54, 1.807) is 8.61 Å². The van der Waals surface area contributed by atoms with Gasteiger partial charge in [-0.2, -0.15) is 17.0 Å². The summed E-state index contributed by atoms with van der Waals surface area (Å²) in [6, 6.07) is 0.207. The van der Waals surface area contributed by atoms with Crippen molar-refractivity contribution in [3.63, 3.8) is 0 Å². The Balaban J connectivity index is 2.16. The highest BCUT2D eigenvalue weighted by atomic mass is 32.2. The van der Waals surface area contributed by atoms with E-state index in [0.29, 0.717) is 13.1 Å². The molecule has 100 valence electrons. The fraction of sp³-hybridized carbons (Fsp3) is 1.00. The molecule has 2 aliphatic rings. The zero-order valence-electron chi connectivity index (χ0n) is 10.7. The highest BCUT2D eigenvalue weighted by molar-refractivity contribution is 7.86. The lowest BCUT2D eigenvalue weighted by Gasteiger charge is -2.40. The molecule has 0 aromatic heterocycles. The monoisotopic (exact) mass is 261 g/mol. The number of nitrogens with one attached hydrogen (secondary N) is 1. The standard InChI is InChI=1S/C11H23N3O2S/c1-10-5-3-4-7-13(10)17(15,16)14-8-6-12-9-11(14)2/h10-12H,3-9H2,1-2H3. The van der Waals surface area contributed by atoms with E-state index in [9.17, 15) is 8.42 Å². The Morgan fingerprint density at radius 2 is 1.76 bits per heavy atom. The smallest absolute Gasteiger partial charge is 0.282 e. The first-order chi connectivity index (χ1) is 8.03. The Morgan fingerprint density at radius 3 is 2.41 bits per heavy atom. The molecule has 2 heterocycles. The van der Waals surface area contributed by atoms with Crippen LogP contribution in [-0.4, -0.2) is 55.3 Å². The minimum atomic E-state index is -3.26. The Morgan fingerprint density at radius 1 is 1.06 bits per heavy atom. The van der Waals surface area contributed by atoms with E-state index in [4.69, 9.17) is 0 Å². The zero-order valence-corrected chi connectivity index (χ0v) is 11.5. The average molecular weight is 261 g/mol. The maximum absolute atomic E-state index is 12.6.